The molecule has 7 heteroatoms. The molecule has 106 valence electrons. The molecular weight excluding hydrogens is 296 g/mol. The highest BCUT2D eigenvalue weighted by molar-refractivity contribution is 7.12. The monoisotopic (exact) mass is 310 g/mol. The van der Waals surface area contributed by atoms with Gasteiger partial charge in [-0.2, -0.15) is 0 Å². The van der Waals surface area contributed by atoms with Crippen molar-refractivity contribution in [1.29, 1.82) is 0 Å². The van der Waals surface area contributed by atoms with Crippen molar-refractivity contribution in [2.45, 2.75) is 12.6 Å². The van der Waals surface area contributed by atoms with Gasteiger partial charge in [0.05, 0.1) is 6.54 Å². The van der Waals surface area contributed by atoms with E-state index >= 15 is 0 Å². The fraction of sp³-hybridized carbons (Fsp3) is 0.231. The fourth-order valence-corrected chi connectivity index (χ4v) is 3.34. The largest absolute Gasteiger partial charge is 0.382 e. The van der Waals surface area contributed by atoms with Crippen LogP contribution in [0.4, 0.5) is 0 Å². The summed E-state index contributed by atoms with van der Waals surface area (Å²) in [5.41, 5.74) is 0. The van der Waals surface area contributed by atoms with Crippen LogP contribution in [0.5, 0.6) is 0 Å². The summed E-state index contributed by atoms with van der Waals surface area (Å²) >= 11 is 2.91. The van der Waals surface area contributed by atoms with Crippen molar-refractivity contribution >= 4 is 34.5 Å². The summed E-state index contributed by atoms with van der Waals surface area (Å²) in [6.07, 6.45) is -0.636. The van der Waals surface area contributed by atoms with Crippen molar-refractivity contribution in [3.05, 3.63) is 44.3 Å². The Morgan fingerprint density at radius 1 is 1.25 bits per heavy atom. The molecule has 20 heavy (non-hydrogen) atoms. The zero-order valence-corrected chi connectivity index (χ0v) is 12.4. The van der Waals surface area contributed by atoms with Gasteiger partial charge in [0.1, 0.15) is 6.10 Å². The van der Waals surface area contributed by atoms with Crippen molar-refractivity contribution in [3.8, 4) is 0 Å². The first kappa shape index (κ1) is 14.7. The average molecular weight is 310 g/mol. The molecule has 0 aliphatic heterocycles. The minimum absolute atomic E-state index is 0.272. The van der Waals surface area contributed by atoms with Gasteiger partial charge >= 0.3 is 11.8 Å². The van der Waals surface area contributed by atoms with E-state index in [1.165, 1.54) is 29.7 Å². The van der Waals surface area contributed by atoms with Crippen LogP contribution in [0.15, 0.2) is 29.6 Å². The smallest absolute Gasteiger partial charge is 0.309 e. The Hall–Kier alpha value is -1.70. The first-order chi connectivity index (χ1) is 9.61. The van der Waals surface area contributed by atoms with Gasteiger partial charge < -0.3 is 15.7 Å². The molecule has 2 aromatic heterocycles. The number of amides is 2. The molecule has 0 saturated carbocycles. The maximum atomic E-state index is 11.3. The third-order valence-corrected chi connectivity index (χ3v) is 4.68. The van der Waals surface area contributed by atoms with Crippen molar-refractivity contribution in [1.82, 2.24) is 10.6 Å². The molecule has 0 aliphatic carbocycles. The molecule has 2 amide bonds. The topological polar surface area (TPSA) is 78.4 Å². The summed E-state index contributed by atoms with van der Waals surface area (Å²) in [6, 6.07) is 7.43. The van der Waals surface area contributed by atoms with Gasteiger partial charge in [-0.3, -0.25) is 9.59 Å². The molecule has 1 atom stereocenters. The average Bonchev–Trinajstić information content (AvgIpc) is 3.14. The Balaban J connectivity index is 1.96. The highest BCUT2D eigenvalue weighted by atomic mass is 32.1. The van der Waals surface area contributed by atoms with Crippen molar-refractivity contribution in [2.75, 3.05) is 7.05 Å². The molecule has 0 radical (unpaired) electrons. The fourth-order valence-electron chi connectivity index (χ4n) is 1.58. The van der Waals surface area contributed by atoms with Crippen LogP contribution < -0.4 is 10.6 Å². The van der Waals surface area contributed by atoms with E-state index in [4.69, 9.17) is 0 Å². The first-order valence-corrected chi connectivity index (χ1v) is 7.61. The summed E-state index contributed by atoms with van der Waals surface area (Å²) < 4.78 is 0. The summed E-state index contributed by atoms with van der Waals surface area (Å²) in [7, 11) is 1.41. The zero-order valence-electron chi connectivity index (χ0n) is 10.8. The van der Waals surface area contributed by atoms with E-state index in [0.717, 1.165) is 14.6 Å². The molecule has 5 nitrogen and oxygen atoms in total. The van der Waals surface area contributed by atoms with Crippen LogP contribution in [-0.2, 0) is 16.1 Å². The first-order valence-electron chi connectivity index (χ1n) is 5.92. The molecule has 3 N–H and O–H groups in total. The summed E-state index contributed by atoms with van der Waals surface area (Å²) in [4.78, 5) is 24.9. The van der Waals surface area contributed by atoms with Gasteiger partial charge in [0, 0.05) is 21.7 Å². The molecule has 0 fully saturated rings. The summed E-state index contributed by atoms with van der Waals surface area (Å²) in [5.74, 6) is -1.33. The number of hydrogen-bond acceptors (Lipinski definition) is 5. The second kappa shape index (κ2) is 6.65. The van der Waals surface area contributed by atoms with Gasteiger partial charge in [0.2, 0.25) is 0 Å². The SMILES string of the molecule is CNC(=O)C(=O)NCc1ccc(C(O)c2cccs2)s1. The molecule has 0 spiro atoms. The van der Waals surface area contributed by atoms with Crippen molar-refractivity contribution in [3.63, 3.8) is 0 Å². The zero-order chi connectivity index (χ0) is 14.5. The number of rotatable bonds is 4. The number of thiophene rings is 2. The molecule has 0 aromatic carbocycles. The number of likely N-dealkylation sites (N-methyl/N-ethyl adjacent to an activating group) is 1. The standard InChI is InChI=1S/C13H14N2O3S2/c1-14-12(17)13(18)15-7-8-4-5-10(20-8)11(16)9-3-2-6-19-9/h2-6,11,16H,7H2,1H3,(H,14,17)(H,15,18). The van der Waals surface area contributed by atoms with Gasteiger partial charge in [-0.15, -0.1) is 22.7 Å². The van der Waals surface area contributed by atoms with Crippen LogP contribution in [0.25, 0.3) is 0 Å². The number of hydrogen-bond donors (Lipinski definition) is 3. The van der Waals surface area contributed by atoms with Gasteiger partial charge in [-0.05, 0) is 23.6 Å². The Morgan fingerprint density at radius 2 is 2.05 bits per heavy atom. The van der Waals surface area contributed by atoms with E-state index < -0.39 is 17.9 Å². The molecule has 2 rings (SSSR count). The number of carbonyl (C=O) groups is 2. The van der Waals surface area contributed by atoms with Crippen LogP contribution in [-0.4, -0.2) is 24.0 Å². The molecule has 2 heterocycles. The number of aliphatic hydroxyl groups is 1. The van der Waals surface area contributed by atoms with Gasteiger partial charge in [0.25, 0.3) is 0 Å². The Labute approximate surface area is 124 Å². The normalized spacial score (nSPS) is 11.9. The summed E-state index contributed by atoms with van der Waals surface area (Å²) in [6.45, 7) is 0.272. The van der Waals surface area contributed by atoms with E-state index in [9.17, 15) is 14.7 Å². The lowest BCUT2D eigenvalue weighted by atomic mass is 10.2. The van der Waals surface area contributed by atoms with Gasteiger partial charge in [0.15, 0.2) is 0 Å². The van der Waals surface area contributed by atoms with E-state index in [2.05, 4.69) is 10.6 Å². The summed E-state index contributed by atoms with van der Waals surface area (Å²) in [5, 5.41) is 16.9. The minimum Gasteiger partial charge on any atom is -0.382 e. The molecular formula is C13H14N2O3S2. The third-order valence-electron chi connectivity index (χ3n) is 2.62. The van der Waals surface area contributed by atoms with Crippen molar-refractivity contribution in [2.24, 2.45) is 0 Å². The Morgan fingerprint density at radius 3 is 2.70 bits per heavy atom. The lowest BCUT2D eigenvalue weighted by Crippen LogP contribution is -2.37. The van der Waals surface area contributed by atoms with E-state index in [1.54, 1.807) is 0 Å². The third kappa shape index (κ3) is 3.44. The number of nitrogens with one attached hydrogen (secondary N) is 2. The van der Waals surface area contributed by atoms with Crippen LogP contribution >= 0.6 is 22.7 Å². The second-order valence-corrected chi connectivity index (χ2v) is 6.16. The van der Waals surface area contributed by atoms with Crippen LogP contribution in [0.2, 0.25) is 0 Å². The molecule has 1 unspecified atom stereocenters. The number of carbonyl (C=O) groups excluding carboxylic acids is 2. The van der Waals surface area contributed by atoms with Gasteiger partial charge in [-0.1, -0.05) is 6.07 Å². The van der Waals surface area contributed by atoms with E-state index in [0.29, 0.717) is 0 Å². The van der Waals surface area contributed by atoms with E-state index in [-0.39, 0.29) is 6.54 Å². The van der Waals surface area contributed by atoms with Gasteiger partial charge in [-0.25, -0.2) is 0 Å². The predicted octanol–water partition coefficient (Wildman–Crippen LogP) is 1.25. The predicted molar refractivity (Wildman–Crippen MR) is 78.6 cm³/mol. The highest BCUT2D eigenvalue weighted by Gasteiger charge is 2.15. The van der Waals surface area contributed by atoms with Crippen LogP contribution in [0.3, 0.4) is 0 Å². The van der Waals surface area contributed by atoms with Crippen molar-refractivity contribution < 1.29 is 14.7 Å². The highest BCUT2D eigenvalue weighted by Crippen LogP contribution is 2.30. The molecule has 2 aromatic rings. The molecule has 0 saturated heterocycles. The number of aliphatic hydroxyl groups excluding tert-OH is 1. The maximum absolute atomic E-state index is 11.3. The maximum Gasteiger partial charge on any atom is 0.309 e. The second-order valence-electron chi connectivity index (χ2n) is 3.98. The Bertz CT molecular complexity index is 593. The van der Waals surface area contributed by atoms with Crippen LogP contribution in [0.1, 0.15) is 20.7 Å². The lowest BCUT2D eigenvalue weighted by Gasteiger charge is -2.05. The van der Waals surface area contributed by atoms with E-state index in [1.807, 2.05) is 29.6 Å². The minimum atomic E-state index is -0.666. The quantitative estimate of drug-likeness (QED) is 0.744. The molecule has 0 aliphatic rings. The Kier molecular flexibility index (Phi) is 4.89. The van der Waals surface area contributed by atoms with Crippen LogP contribution in [0, 0.1) is 0 Å². The lowest BCUT2D eigenvalue weighted by molar-refractivity contribution is -0.138. The molecule has 0 bridgehead atoms.